The van der Waals surface area contributed by atoms with E-state index in [1.165, 1.54) is 0 Å². The minimum Gasteiger partial charge on any atom is -0.365 e. The number of hydrogen-bond donors (Lipinski definition) is 2. The molecule has 130 valence electrons. The van der Waals surface area contributed by atoms with E-state index < -0.39 is 20.9 Å². The Morgan fingerprint density at radius 3 is 3.04 bits per heavy atom. The maximum Gasteiger partial charge on any atom is 0.317 e. The molecule has 1 aromatic rings. The minimum absolute atomic E-state index is 0.170. The van der Waals surface area contributed by atoms with Gasteiger partial charge in [0, 0.05) is 19.6 Å². The predicted molar refractivity (Wildman–Crippen MR) is 87.9 cm³/mol. The molecule has 0 aromatic heterocycles. The summed E-state index contributed by atoms with van der Waals surface area (Å²) in [5.74, 6) is 0. The molecule has 4 rings (SSSR count). The van der Waals surface area contributed by atoms with E-state index >= 15 is 0 Å². The summed E-state index contributed by atoms with van der Waals surface area (Å²) in [7, 11) is -3.33. The van der Waals surface area contributed by atoms with Crippen molar-refractivity contribution in [3.8, 4) is 0 Å². The summed E-state index contributed by atoms with van der Waals surface area (Å²) in [5, 5.41) is 2.39. The smallest absolute Gasteiger partial charge is 0.317 e. The lowest BCUT2D eigenvalue weighted by atomic mass is 10.00. The average Bonchev–Trinajstić information content (AvgIpc) is 2.95. The quantitative estimate of drug-likeness (QED) is 0.805. The van der Waals surface area contributed by atoms with Crippen molar-refractivity contribution in [3.63, 3.8) is 0 Å². The molecule has 1 aromatic carbocycles. The second-order valence-corrected chi connectivity index (χ2v) is 8.81. The number of carbonyl (C=O) groups excluding carboxylic acids is 1. The topological polar surface area (TPSA) is 87.7 Å². The summed E-state index contributed by atoms with van der Waals surface area (Å²) in [6.45, 7) is 3.46. The lowest BCUT2D eigenvalue weighted by Gasteiger charge is -2.38. The number of benzene rings is 1. The summed E-state index contributed by atoms with van der Waals surface area (Å²) < 4.78 is 32.7. The van der Waals surface area contributed by atoms with Gasteiger partial charge in [0.25, 0.3) is 0 Å². The second kappa shape index (κ2) is 5.44. The number of hydrogen-bond acceptors (Lipinski definition) is 4. The molecule has 0 radical (unpaired) electrons. The lowest BCUT2D eigenvalue weighted by Crippen LogP contribution is -2.58. The van der Waals surface area contributed by atoms with Gasteiger partial charge in [0.15, 0.2) is 0 Å². The standard InChI is InChI=1S/C16H21N3O4S/c1-11-4-2-3-5-12(11)7-17-15(20)19-8-13-6-14-16(10-19,23-13)9-18-24(14,21)22/h2-5,13-14,18H,6-10H2,1H3,(H,17,20)/t13-,14+,16-/m0/s1. The van der Waals surface area contributed by atoms with Crippen molar-refractivity contribution in [1.82, 2.24) is 14.9 Å². The molecule has 8 heteroatoms. The molecule has 1 spiro atoms. The van der Waals surface area contributed by atoms with E-state index in [-0.39, 0.29) is 18.7 Å². The molecule has 24 heavy (non-hydrogen) atoms. The molecule has 2 N–H and O–H groups in total. The first-order chi connectivity index (χ1) is 11.4. The number of morpholine rings is 1. The normalized spacial score (nSPS) is 33.3. The predicted octanol–water partition coefficient (Wildman–Crippen LogP) is 0.350. The molecule has 3 heterocycles. The van der Waals surface area contributed by atoms with E-state index in [4.69, 9.17) is 4.74 Å². The van der Waals surface area contributed by atoms with Crippen LogP contribution in [0.15, 0.2) is 24.3 Å². The highest BCUT2D eigenvalue weighted by atomic mass is 32.2. The van der Waals surface area contributed by atoms with Crippen molar-refractivity contribution in [2.24, 2.45) is 0 Å². The molecule has 3 aliphatic heterocycles. The molecule has 3 aliphatic rings. The van der Waals surface area contributed by atoms with Gasteiger partial charge in [-0.3, -0.25) is 0 Å². The number of urea groups is 1. The third-order valence-corrected chi connectivity index (χ3v) is 7.19. The zero-order chi connectivity index (χ0) is 16.9. The zero-order valence-electron chi connectivity index (χ0n) is 13.5. The third kappa shape index (κ3) is 2.49. The van der Waals surface area contributed by atoms with E-state index in [1.54, 1.807) is 4.90 Å². The van der Waals surface area contributed by atoms with Crippen LogP contribution >= 0.6 is 0 Å². The van der Waals surface area contributed by atoms with Crippen LogP contribution in [-0.2, 0) is 21.3 Å². The number of sulfonamides is 1. The van der Waals surface area contributed by atoms with Crippen LogP contribution in [0.3, 0.4) is 0 Å². The van der Waals surface area contributed by atoms with Crippen LogP contribution in [0.2, 0.25) is 0 Å². The van der Waals surface area contributed by atoms with Crippen LogP contribution in [0, 0.1) is 6.92 Å². The summed E-state index contributed by atoms with van der Waals surface area (Å²) in [5.41, 5.74) is 1.41. The van der Waals surface area contributed by atoms with Gasteiger partial charge in [0.2, 0.25) is 10.0 Å². The fourth-order valence-electron chi connectivity index (χ4n) is 3.98. The first-order valence-electron chi connectivity index (χ1n) is 8.13. The average molecular weight is 351 g/mol. The lowest BCUT2D eigenvalue weighted by molar-refractivity contribution is -0.0881. The Morgan fingerprint density at radius 2 is 2.25 bits per heavy atom. The van der Waals surface area contributed by atoms with Gasteiger partial charge in [-0.25, -0.2) is 17.9 Å². The molecular weight excluding hydrogens is 330 g/mol. The van der Waals surface area contributed by atoms with Crippen molar-refractivity contribution < 1.29 is 17.9 Å². The summed E-state index contributed by atoms with van der Waals surface area (Å²) in [6, 6.07) is 7.74. The number of amides is 2. The highest BCUT2D eigenvalue weighted by Crippen LogP contribution is 2.42. The number of carbonyl (C=O) groups is 1. The maximum atomic E-state index is 12.5. The van der Waals surface area contributed by atoms with Crippen molar-refractivity contribution >= 4 is 16.1 Å². The molecule has 0 aliphatic carbocycles. The number of nitrogens with zero attached hydrogens (tertiary/aromatic N) is 1. The van der Waals surface area contributed by atoms with E-state index in [9.17, 15) is 13.2 Å². The van der Waals surface area contributed by atoms with E-state index in [0.717, 1.165) is 11.1 Å². The van der Waals surface area contributed by atoms with E-state index in [1.807, 2.05) is 31.2 Å². The fourth-order valence-corrected chi connectivity index (χ4v) is 5.88. The largest absolute Gasteiger partial charge is 0.365 e. The molecule has 3 fully saturated rings. The van der Waals surface area contributed by atoms with Gasteiger partial charge in [0.1, 0.15) is 10.9 Å². The van der Waals surface area contributed by atoms with Gasteiger partial charge < -0.3 is 15.0 Å². The van der Waals surface area contributed by atoms with Gasteiger partial charge in [0.05, 0.1) is 12.6 Å². The highest BCUT2D eigenvalue weighted by Gasteiger charge is 2.62. The fraction of sp³-hybridized carbons (Fsp3) is 0.562. The van der Waals surface area contributed by atoms with E-state index in [2.05, 4.69) is 10.0 Å². The number of ether oxygens (including phenoxy) is 1. The number of nitrogens with one attached hydrogen (secondary N) is 2. The zero-order valence-corrected chi connectivity index (χ0v) is 14.3. The van der Waals surface area contributed by atoms with Crippen LogP contribution in [0.1, 0.15) is 17.5 Å². The number of rotatable bonds is 2. The number of likely N-dealkylation sites (tertiary alicyclic amines) is 1. The SMILES string of the molecule is Cc1ccccc1CNC(=O)N1C[C@@H]2C[C@@H]3[C@](CNS3(=O)=O)(C1)O2. The molecule has 0 unspecified atom stereocenters. The van der Waals surface area contributed by atoms with Crippen molar-refractivity contribution in [1.29, 1.82) is 0 Å². The van der Waals surface area contributed by atoms with Crippen LogP contribution in [0.5, 0.6) is 0 Å². The van der Waals surface area contributed by atoms with Gasteiger partial charge in [-0.15, -0.1) is 0 Å². The van der Waals surface area contributed by atoms with E-state index in [0.29, 0.717) is 26.1 Å². The van der Waals surface area contributed by atoms with Gasteiger partial charge in [-0.2, -0.15) is 0 Å². The van der Waals surface area contributed by atoms with Crippen LogP contribution < -0.4 is 10.0 Å². The minimum atomic E-state index is -3.33. The van der Waals surface area contributed by atoms with Gasteiger partial charge in [-0.05, 0) is 24.5 Å². The highest BCUT2D eigenvalue weighted by molar-refractivity contribution is 7.90. The number of fused-ring (bicyclic) bond motifs is 1. The Morgan fingerprint density at radius 1 is 1.46 bits per heavy atom. The first kappa shape index (κ1) is 15.9. The van der Waals surface area contributed by atoms with Crippen molar-refractivity contribution in [2.75, 3.05) is 19.6 Å². The monoisotopic (exact) mass is 351 g/mol. The molecule has 7 nitrogen and oxygen atoms in total. The van der Waals surface area contributed by atoms with Crippen LogP contribution in [0.25, 0.3) is 0 Å². The molecule has 0 saturated carbocycles. The maximum absolute atomic E-state index is 12.5. The third-order valence-electron chi connectivity index (χ3n) is 5.27. The van der Waals surface area contributed by atoms with Crippen molar-refractivity contribution in [3.05, 3.63) is 35.4 Å². The molecule has 3 saturated heterocycles. The Balaban J connectivity index is 1.45. The second-order valence-electron chi connectivity index (χ2n) is 6.86. The Kier molecular flexibility index (Phi) is 3.59. The molecule has 2 bridgehead atoms. The molecular formula is C16H21N3O4S. The van der Waals surface area contributed by atoms with Crippen LogP contribution in [0.4, 0.5) is 4.79 Å². The summed E-state index contributed by atoms with van der Waals surface area (Å²) >= 11 is 0. The Labute approximate surface area is 141 Å². The molecule has 2 amide bonds. The summed E-state index contributed by atoms with van der Waals surface area (Å²) in [6.07, 6.45) is 0.251. The first-order valence-corrected chi connectivity index (χ1v) is 9.68. The van der Waals surface area contributed by atoms with Gasteiger partial charge >= 0.3 is 6.03 Å². The van der Waals surface area contributed by atoms with Crippen molar-refractivity contribution in [2.45, 2.75) is 36.8 Å². The molecule has 3 atom stereocenters. The summed E-state index contributed by atoms with van der Waals surface area (Å²) in [4.78, 5) is 14.2. The van der Waals surface area contributed by atoms with Gasteiger partial charge in [-0.1, -0.05) is 24.3 Å². The van der Waals surface area contributed by atoms with Crippen LogP contribution in [-0.4, -0.2) is 55.9 Å². The Bertz CT molecular complexity index is 781. The Hall–Kier alpha value is -1.64. The number of aryl methyl sites for hydroxylation is 1.